The number of nitrogens with one attached hydrogen (secondary N) is 1. The fourth-order valence-electron chi connectivity index (χ4n) is 4.66. The summed E-state index contributed by atoms with van der Waals surface area (Å²) in [6.07, 6.45) is 5.07. The molecule has 5 rings (SSSR count). The van der Waals surface area contributed by atoms with E-state index in [1.54, 1.807) is 36.4 Å². The number of anilines is 2. The van der Waals surface area contributed by atoms with E-state index < -0.39 is 0 Å². The maximum Gasteiger partial charge on any atom is 0.255 e. The van der Waals surface area contributed by atoms with Crippen molar-refractivity contribution in [1.29, 1.82) is 0 Å². The van der Waals surface area contributed by atoms with E-state index in [4.69, 9.17) is 0 Å². The number of hydrogen-bond donors (Lipinski definition) is 1. The molecule has 4 atom stereocenters. The Kier molecular flexibility index (Phi) is 3.98. The average Bonchev–Trinajstić information content (AvgIpc) is 3.38. The van der Waals surface area contributed by atoms with Gasteiger partial charge in [0.2, 0.25) is 11.8 Å². The van der Waals surface area contributed by atoms with Gasteiger partial charge in [0, 0.05) is 15.7 Å². The maximum atomic E-state index is 12.9. The van der Waals surface area contributed by atoms with Crippen LogP contribution in [0, 0.1) is 23.7 Å². The number of imide groups is 1. The van der Waals surface area contributed by atoms with Gasteiger partial charge in [-0.3, -0.25) is 19.3 Å². The highest BCUT2D eigenvalue weighted by molar-refractivity contribution is 9.10. The molecule has 2 aromatic carbocycles. The van der Waals surface area contributed by atoms with Gasteiger partial charge >= 0.3 is 0 Å². The van der Waals surface area contributed by atoms with Gasteiger partial charge in [-0.25, -0.2) is 0 Å². The first-order valence-corrected chi connectivity index (χ1v) is 10.1. The van der Waals surface area contributed by atoms with Gasteiger partial charge in [-0.05, 0) is 66.8 Å². The van der Waals surface area contributed by atoms with Crippen molar-refractivity contribution < 1.29 is 14.4 Å². The smallest absolute Gasteiger partial charge is 0.255 e. The van der Waals surface area contributed by atoms with Crippen LogP contribution < -0.4 is 10.2 Å². The van der Waals surface area contributed by atoms with Crippen molar-refractivity contribution in [2.45, 2.75) is 6.42 Å². The van der Waals surface area contributed by atoms with Crippen LogP contribution in [0.2, 0.25) is 0 Å². The van der Waals surface area contributed by atoms with E-state index in [0.29, 0.717) is 16.9 Å². The van der Waals surface area contributed by atoms with Crippen LogP contribution in [0.5, 0.6) is 0 Å². The van der Waals surface area contributed by atoms with Gasteiger partial charge in [-0.15, -0.1) is 0 Å². The molecule has 3 amide bonds. The molecule has 1 saturated carbocycles. The fraction of sp³-hybridized carbons (Fsp3) is 0.227. The third-order valence-electron chi connectivity index (χ3n) is 5.96. The highest BCUT2D eigenvalue weighted by Crippen LogP contribution is 2.53. The minimum absolute atomic E-state index is 0.112. The van der Waals surface area contributed by atoms with E-state index in [9.17, 15) is 14.4 Å². The predicted octanol–water partition coefficient (Wildman–Crippen LogP) is 4.01. The second kappa shape index (κ2) is 6.41. The Morgan fingerprint density at radius 2 is 1.46 bits per heavy atom. The van der Waals surface area contributed by atoms with Gasteiger partial charge in [-0.1, -0.05) is 28.1 Å². The van der Waals surface area contributed by atoms with Crippen molar-refractivity contribution >= 4 is 45.0 Å². The largest absolute Gasteiger partial charge is 0.322 e. The van der Waals surface area contributed by atoms with Crippen molar-refractivity contribution in [2.24, 2.45) is 23.7 Å². The molecule has 0 unspecified atom stereocenters. The summed E-state index contributed by atoms with van der Waals surface area (Å²) in [5.74, 6) is -0.532. The molecule has 3 aliphatic rings. The summed E-state index contributed by atoms with van der Waals surface area (Å²) in [4.78, 5) is 39.5. The monoisotopic (exact) mass is 436 g/mol. The molecule has 0 radical (unpaired) electrons. The predicted molar refractivity (Wildman–Crippen MR) is 109 cm³/mol. The Morgan fingerprint density at radius 3 is 2.04 bits per heavy atom. The molecule has 1 N–H and O–H groups in total. The molecule has 2 aromatic rings. The number of fused-ring (bicyclic) bond motifs is 5. The molecule has 1 heterocycles. The Hall–Kier alpha value is -2.73. The fourth-order valence-corrected chi connectivity index (χ4v) is 4.92. The molecule has 6 heteroatoms. The van der Waals surface area contributed by atoms with Gasteiger partial charge < -0.3 is 5.32 Å². The molecular formula is C22H17BrN2O3. The minimum atomic E-state index is -0.243. The van der Waals surface area contributed by atoms with Crippen molar-refractivity contribution in [3.63, 3.8) is 0 Å². The SMILES string of the molecule is O=C(Nc1ccc(Br)cc1)c1ccc(N2C(=O)[C@H]3[C@H](C2=O)[C@H]2C=C[C@H]3C2)cc1. The highest BCUT2D eigenvalue weighted by Gasteiger charge is 2.59. The lowest BCUT2D eigenvalue weighted by Crippen LogP contribution is -2.32. The van der Waals surface area contributed by atoms with E-state index in [-0.39, 0.29) is 41.4 Å². The number of halogens is 1. The Balaban J connectivity index is 1.34. The summed E-state index contributed by atoms with van der Waals surface area (Å²) in [7, 11) is 0. The summed E-state index contributed by atoms with van der Waals surface area (Å²) in [5.41, 5.74) is 1.69. The molecule has 1 saturated heterocycles. The topological polar surface area (TPSA) is 66.5 Å². The zero-order valence-corrected chi connectivity index (χ0v) is 16.4. The molecule has 5 nitrogen and oxygen atoms in total. The second-order valence-electron chi connectivity index (χ2n) is 7.52. The Bertz CT molecular complexity index is 983. The molecule has 140 valence electrons. The summed E-state index contributed by atoms with van der Waals surface area (Å²) in [5, 5.41) is 2.83. The van der Waals surface area contributed by atoms with Crippen LogP contribution in [0.4, 0.5) is 11.4 Å². The molecule has 2 bridgehead atoms. The lowest BCUT2D eigenvalue weighted by molar-refractivity contribution is -0.123. The minimum Gasteiger partial charge on any atom is -0.322 e. The molecule has 1 aliphatic heterocycles. The van der Waals surface area contributed by atoms with Crippen molar-refractivity contribution in [2.75, 3.05) is 10.2 Å². The first kappa shape index (κ1) is 17.4. The number of allylic oxidation sites excluding steroid dienone is 2. The van der Waals surface area contributed by atoms with Crippen LogP contribution in [-0.4, -0.2) is 17.7 Å². The lowest BCUT2D eigenvalue weighted by Gasteiger charge is -2.17. The summed E-state index contributed by atoms with van der Waals surface area (Å²) in [6.45, 7) is 0. The maximum absolute atomic E-state index is 12.9. The van der Waals surface area contributed by atoms with E-state index >= 15 is 0 Å². The number of hydrogen-bond acceptors (Lipinski definition) is 3. The number of benzene rings is 2. The standard InChI is InChI=1S/C22H17BrN2O3/c23-15-5-7-16(8-6-15)24-20(26)12-3-9-17(10-4-12)25-21(27)18-13-1-2-14(11-13)19(18)22(25)28/h1-10,13-14,18-19H,11H2,(H,24,26)/t13-,14-,18+,19+/m0/s1. The van der Waals surface area contributed by atoms with Gasteiger partial charge in [0.15, 0.2) is 0 Å². The summed E-state index contributed by atoms with van der Waals surface area (Å²) < 4.78 is 0.934. The van der Waals surface area contributed by atoms with Crippen LogP contribution in [0.25, 0.3) is 0 Å². The molecular weight excluding hydrogens is 420 g/mol. The first-order chi connectivity index (χ1) is 13.5. The zero-order chi connectivity index (χ0) is 19.4. The van der Waals surface area contributed by atoms with Crippen molar-refractivity contribution in [3.8, 4) is 0 Å². The lowest BCUT2D eigenvalue weighted by atomic mass is 9.85. The second-order valence-corrected chi connectivity index (χ2v) is 8.44. The third kappa shape index (κ3) is 2.63. The summed E-state index contributed by atoms with van der Waals surface area (Å²) >= 11 is 3.36. The summed E-state index contributed by atoms with van der Waals surface area (Å²) in [6, 6.07) is 13.9. The number of carbonyl (C=O) groups is 3. The third-order valence-corrected chi connectivity index (χ3v) is 6.49. The van der Waals surface area contributed by atoms with Crippen molar-refractivity contribution in [3.05, 3.63) is 70.7 Å². The van der Waals surface area contributed by atoms with Crippen LogP contribution in [0.1, 0.15) is 16.8 Å². The molecule has 2 aliphatic carbocycles. The number of amides is 3. The molecule has 0 spiro atoms. The molecule has 28 heavy (non-hydrogen) atoms. The normalized spacial score (nSPS) is 27.4. The van der Waals surface area contributed by atoms with Crippen LogP contribution in [-0.2, 0) is 9.59 Å². The van der Waals surface area contributed by atoms with Crippen LogP contribution in [0.15, 0.2) is 65.2 Å². The van der Waals surface area contributed by atoms with Gasteiger partial charge in [0.05, 0.1) is 17.5 Å². The van der Waals surface area contributed by atoms with E-state index in [1.807, 2.05) is 12.1 Å². The van der Waals surface area contributed by atoms with E-state index in [2.05, 4.69) is 33.4 Å². The number of rotatable bonds is 3. The van der Waals surface area contributed by atoms with Crippen molar-refractivity contribution in [1.82, 2.24) is 0 Å². The van der Waals surface area contributed by atoms with Crippen LogP contribution >= 0.6 is 15.9 Å². The van der Waals surface area contributed by atoms with Gasteiger partial charge in [-0.2, -0.15) is 0 Å². The van der Waals surface area contributed by atoms with E-state index in [0.717, 1.165) is 10.9 Å². The van der Waals surface area contributed by atoms with Crippen LogP contribution in [0.3, 0.4) is 0 Å². The van der Waals surface area contributed by atoms with Gasteiger partial charge in [0.1, 0.15) is 0 Å². The van der Waals surface area contributed by atoms with E-state index in [1.165, 1.54) is 4.90 Å². The zero-order valence-electron chi connectivity index (χ0n) is 14.8. The Morgan fingerprint density at radius 1 is 0.893 bits per heavy atom. The quantitative estimate of drug-likeness (QED) is 0.583. The van der Waals surface area contributed by atoms with Gasteiger partial charge in [0.25, 0.3) is 5.91 Å². The molecule has 2 fully saturated rings. The average molecular weight is 437 g/mol. The first-order valence-electron chi connectivity index (χ1n) is 9.26. The number of carbonyl (C=O) groups excluding carboxylic acids is 3. The molecule has 0 aromatic heterocycles. The number of nitrogens with zero attached hydrogens (tertiary/aromatic N) is 1. The Labute approximate surface area is 170 Å². The highest BCUT2D eigenvalue weighted by atomic mass is 79.9.